The first-order chi connectivity index (χ1) is 9.65. The minimum Gasteiger partial charge on any atom is -0.236 e. The first-order valence-corrected chi connectivity index (χ1v) is 7.07. The van der Waals surface area contributed by atoms with Crippen molar-refractivity contribution in [2.75, 3.05) is 0 Å². The van der Waals surface area contributed by atoms with Crippen molar-refractivity contribution in [1.82, 2.24) is 4.98 Å². The van der Waals surface area contributed by atoms with Gasteiger partial charge in [0.25, 0.3) is 0 Å². The average molecular weight is 308 g/mol. The molecule has 0 aliphatic heterocycles. The maximum absolute atomic E-state index is 13.7. The molecule has 0 radical (unpaired) electrons. The first kappa shape index (κ1) is 13.2. The summed E-state index contributed by atoms with van der Waals surface area (Å²) in [5, 5.41) is 2.94. The Morgan fingerprint density at radius 3 is 2.60 bits per heavy atom. The third-order valence-corrected chi connectivity index (χ3v) is 4.02. The summed E-state index contributed by atoms with van der Waals surface area (Å²) in [7, 11) is 0. The zero-order chi connectivity index (χ0) is 14.1. The van der Waals surface area contributed by atoms with Crippen molar-refractivity contribution in [3.63, 3.8) is 0 Å². The Bertz CT molecular complexity index is 770. The highest BCUT2D eigenvalue weighted by Gasteiger charge is 2.13. The molecule has 5 heteroatoms. The van der Waals surface area contributed by atoms with Gasteiger partial charge in [0, 0.05) is 16.5 Å². The molecule has 0 fully saturated rings. The fourth-order valence-electron chi connectivity index (χ4n) is 1.85. The molecule has 0 spiro atoms. The highest BCUT2D eigenvalue weighted by Crippen LogP contribution is 2.33. The van der Waals surface area contributed by atoms with Gasteiger partial charge in [0.2, 0.25) is 0 Å². The number of halogens is 3. The van der Waals surface area contributed by atoms with Crippen molar-refractivity contribution < 1.29 is 8.78 Å². The van der Waals surface area contributed by atoms with E-state index >= 15 is 0 Å². The van der Waals surface area contributed by atoms with E-state index in [4.69, 9.17) is 11.6 Å². The minimum absolute atomic E-state index is 0.152. The fraction of sp³-hybridized carbons (Fsp3) is 0. The molecule has 0 aliphatic rings. The van der Waals surface area contributed by atoms with E-state index in [2.05, 4.69) is 4.98 Å². The molecule has 3 rings (SSSR count). The second kappa shape index (κ2) is 5.31. The maximum atomic E-state index is 13.7. The third kappa shape index (κ3) is 2.44. The summed E-state index contributed by atoms with van der Waals surface area (Å²) in [4.78, 5) is 4.34. The topological polar surface area (TPSA) is 12.9 Å². The van der Waals surface area contributed by atoms with E-state index in [1.54, 1.807) is 11.4 Å². The molecule has 0 amide bonds. The average Bonchev–Trinajstić information content (AvgIpc) is 2.91. The molecule has 2 aromatic carbocycles. The van der Waals surface area contributed by atoms with Crippen LogP contribution in [0, 0.1) is 11.6 Å². The Morgan fingerprint density at radius 1 is 1.00 bits per heavy atom. The summed E-state index contributed by atoms with van der Waals surface area (Å²) in [6, 6.07) is 10.6. The Labute approximate surface area is 123 Å². The summed E-state index contributed by atoms with van der Waals surface area (Å²) in [5.41, 5.74) is 1.34. The smallest absolute Gasteiger partial charge is 0.132 e. The first-order valence-electron chi connectivity index (χ1n) is 5.81. The monoisotopic (exact) mass is 307 g/mol. The molecule has 0 aliphatic carbocycles. The third-order valence-electron chi connectivity index (χ3n) is 2.81. The molecule has 1 aromatic heterocycles. The van der Waals surface area contributed by atoms with Crippen molar-refractivity contribution >= 4 is 22.9 Å². The van der Waals surface area contributed by atoms with Gasteiger partial charge in [-0.1, -0.05) is 29.8 Å². The van der Waals surface area contributed by atoms with Crippen LogP contribution in [0.4, 0.5) is 8.78 Å². The Morgan fingerprint density at radius 2 is 1.80 bits per heavy atom. The van der Waals surface area contributed by atoms with Gasteiger partial charge < -0.3 is 0 Å². The lowest BCUT2D eigenvalue weighted by molar-refractivity contribution is 0.603. The maximum Gasteiger partial charge on any atom is 0.132 e. The minimum atomic E-state index is -0.498. The van der Waals surface area contributed by atoms with Crippen molar-refractivity contribution in [1.29, 1.82) is 0 Å². The largest absolute Gasteiger partial charge is 0.236 e. The van der Waals surface area contributed by atoms with Crippen LogP contribution in [0.5, 0.6) is 0 Å². The number of aromatic nitrogens is 1. The lowest BCUT2D eigenvalue weighted by Gasteiger charge is -2.00. The molecular weight excluding hydrogens is 300 g/mol. The van der Waals surface area contributed by atoms with Crippen LogP contribution in [0.15, 0.2) is 47.8 Å². The van der Waals surface area contributed by atoms with Gasteiger partial charge in [-0.25, -0.2) is 13.8 Å². The lowest BCUT2D eigenvalue weighted by Crippen LogP contribution is -1.87. The number of hydrogen-bond donors (Lipinski definition) is 0. The van der Waals surface area contributed by atoms with Crippen LogP contribution in [0.3, 0.4) is 0 Å². The van der Waals surface area contributed by atoms with Crippen LogP contribution in [-0.2, 0) is 0 Å². The van der Waals surface area contributed by atoms with E-state index in [-0.39, 0.29) is 5.56 Å². The Hall–Kier alpha value is -1.78. The van der Waals surface area contributed by atoms with Crippen molar-refractivity contribution in [2.24, 2.45) is 0 Å². The quantitative estimate of drug-likeness (QED) is 0.617. The van der Waals surface area contributed by atoms with Crippen LogP contribution >= 0.6 is 22.9 Å². The molecule has 0 bridgehead atoms. The molecule has 0 saturated heterocycles. The number of hydrogen-bond acceptors (Lipinski definition) is 2. The van der Waals surface area contributed by atoms with E-state index < -0.39 is 11.6 Å². The lowest BCUT2D eigenvalue weighted by atomic mass is 10.1. The predicted octanol–water partition coefficient (Wildman–Crippen LogP) is 5.41. The zero-order valence-electron chi connectivity index (χ0n) is 10.1. The number of rotatable bonds is 2. The molecule has 20 heavy (non-hydrogen) atoms. The Balaban J connectivity index is 2.07. The molecule has 1 heterocycles. The number of thiazole rings is 1. The van der Waals surface area contributed by atoms with Gasteiger partial charge in [0.05, 0.1) is 10.7 Å². The van der Waals surface area contributed by atoms with Crippen LogP contribution in [0.25, 0.3) is 21.8 Å². The summed E-state index contributed by atoms with van der Waals surface area (Å²) < 4.78 is 26.9. The molecule has 1 nitrogen and oxygen atoms in total. The SMILES string of the molecule is Fc1ccc(F)c(-c2csc(-c3ccccc3Cl)n2)c1. The highest BCUT2D eigenvalue weighted by atomic mass is 35.5. The van der Waals surface area contributed by atoms with Gasteiger partial charge in [-0.15, -0.1) is 11.3 Å². The number of nitrogens with zero attached hydrogens (tertiary/aromatic N) is 1. The summed E-state index contributed by atoms with van der Waals surface area (Å²) >= 11 is 7.44. The van der Waals surface area contributed by atoms with Crippen molar-refractivity contribution in [3.05, 3.63) is 64.5 Å². The van der Waals surface area contributed by atoms with Gasteiger partial charge in [-0.3, -0.25) is 0 Å². The normalized spacial score (nSPS) is 10.8. The summed E-state index contributed by atoms with van der Waals surface area (Å²) in [6.45, 7) is 0. The Kier molecular flexibility index (Phi) is 3.51. The summed E-state index contributed by atoms with van der Waals surface area (Å²) in [5.74, 6) is -0.990. The van der Waals surface area contributed by atoms with Crippen LogP contribution < -0.4 is 0 Å². The molecule has 0 atom stereocenters. The summed E-state index contributed by atoms with van der Waals surface area (Å²) in [6.07, 6.45) is 0. The molecule has 0 N–H and O–H groups in total. The van der Waals surface area contributed by atoms with Crippen LogP contribution in [0.1, 0.15) is 0 Å². The van der Waals surface area contributed by atoms with E-state index in [1.807, 2.05) is 18.2 Å². The van der Waals surface area contributed by atoms with Crippen LogP contribution in [-0.4, -0.2) is 4.98 Å². The van der Waals surface area contributed by atoms with Gasteiger partial charge in [-0.05, 0) is 24.3 Å². The van der Waals surface area contributed by atoms with Crippen molar-refractivity contribution in [3.8, 4) is 21.8 Å². The van der Waals surface area contributed by atoms with E-state index in [9.17, 15) is 8.78 Å². The number of benzene rings is 2. The van der Waals surface area contributed by atoms with Crippen molar-refractivity contribution in [2.45, 2.75) is 0 Å². The second-order valence-corrected chi connectivity index (χ2v) is 5.41. The predicted molar refractivity (Wildman–Crippen MR) is 77.9 cm³/mol. The molecular formula is C15H8ClF2NS. The molecule has 0 saturated carbocycles. The van der Waals surface area contributed by atoms with Gasteiger partial charge in [-0.2, -0.15) is 0 Å². The van der Waals surface area contributed by atoms with Crippen LogP contribution in [0.2, 0.25) is 5.02 Å². The van der Waals surface area contributed by atoms with E-state index in [0.717, 1.165) is 23.8 Å². The molecule has 0 unspecified atom stereocenters. The zero-order valence-corrected chi connectivity index (χ0v) is 11.7. The molecule has 3 aromatic rings. The molecule has 100 valence electrons. The van der Waals surface area contributed by atoms with Gasteiger partial charge >= 0.3 is 0 Å². The highest BCUT2D eigenvalue weighted by molar-refractivity contribution is 7.13. The fourth-order valence-corrected chi connectivity index (χ4v) is 2.99. The van der Waals surface area contributed by atoms with E-state index in [1.165, 1.54) is 11.3 Å². The van der Waals surface area contributed by atoms with E-state index in [0.29, 0.717) is 15.7 Å². The van der Waals surface area contributed by atoms with Gasteiger partial charge in [0.15, 0.2) is 0 Å². The standard InChI is InChI=1S/C15H8ClF2NS/c16-12-4-2-1-3-10(12)15-19-14(8-20-15)11-7-9(17)5-6-13(11)18/h1-8H. The van der Waals surface area contributed by atoms with Gasteiger partial charge in [0.1, 0.15) is 16.6 Å². The second-order valence-electron chi connectivity index (χ2n) is 4.14.